The third kappa shape index (κ3) is 3.38. The zero-order chi connectivity index (χ0) is 17.3. The fourth-order valence-corrected chi connectivity index (χ4v) is 3.37. The molecule has 2 aliphatic heterocycles. The van der Waals surface area contributed by atoms with Crippen molar-refractivity contribution in [3.8, 4) is 5.75 Å². The Labute approximate surface area is 141 Å². The predicted molar refractivity (Wildman–Crippen MR) is 87.2 cm³/mol. The number of nitrogens with zero attached hydrogens (tertiary/aromatic N) is 1. The van der Waals surface area contributed by atoms with Gasteiger partial charge in [-0.1, -0.05) is 6.07 Å². The average Bonchev–Trinajstić information content (AvgIpc) is 2.96. The van der Waals surface area contributed by atoms with Crippen LogP contribution in [0.25, 0.3) is 0 Å². The van der Waals surface area contributed by atoms with E-state index in [1.54, 1.807) is 0 Å². The molecule has 2 aliphatic rings. The average molecular weight is 333 g/mol. The summed E-state index contributed by atoms with van der Waals surface area (Å²) in [5.74, 6) is -0.508. The zero-order valence-corrected chi connectivity index (χ0v) is 14.1. The largest absolute Gasteiger partial charge is 0.480 e. The predicted octanol–water partition coefficient (Wildman–Crippen LogP) is 1.70. The van der Waals surface area contributed by atoms with Crippen LogP contribution in [0.3, 0.4) is 0 Å². The Hall–Kier alpha value is -2.08. The summed E-state index contributed by atoms with van der Waals surface area (Å²) >= 11 is 0. The third-order valence-electron chi connectivity index (χ3n) is 4.85. The summed E-state index contributed by atoms with van der Waals surface area (Å²) in [5.41, 5.74) is 3.30. The Kier molecular flexibility index (Phi) is 4.76. The SMILES string of the molecule is Cc1cc2c(cc1C)O[C@@H](C(=O)N(CC(=O)O)C1CCOCC1)C2. The molecule has 3 rings (SSSR count). The summed E-state index contributed by atoms with van der Waals surface area (Å²) in [4.78, 5) is 25.6. The highest BCUT2D eigenvalue weighted by atomic mass is 16.5. The fourth-order valence-electron chi connectivity index (χ4n) is 3.37. The molecule has 2 heterocycles. The maximum absolute atomic E-state index is 12.9. The quantitative estimate of drug-likeness (QED) is 0.907. The van der Waals surface area contributed by atoms with E-state index in [4.69, 9.17) is 9.47 Å². The van der Waals surface area contributed by atoms with Gasteiger partial charge in [0.1, 0.15) is 12.3 Å². The number of benzene rings is 1. The smallest absolute Gasteiger partial charge is 0.323 e. The fraction of sp³-hybridized carbons (Fsp3) is 0.556. The molecule has 24 heavy (non-hydrogen) atoms. The van der Waals surface area contributed by atoms with Crippen molar-refractivity contribution in [3.05, 3.63) is 28.8 Å². The molecule has 1 N–H and O–H groups in total. The van der Waals surface area contributed by atoms with Crippen molar-refractivity contribution in [1.82, 2.24) is 4.90 Å². The molecule has 0 aliphatic carbocycles. The first-order valence-corrected chi connectivity index (χ1v) is 8.32. The third-order valence-corrected chi connectivity index (χ3v) is 4.85. The van der Waals surface area contributed by atoms with E-state index in [9.17, 15) is 14.7 Å². The van der Waals surface area contributed by atoms with Crippen LogP contribution in [0.5, 0.6) is 5.75 Å². The van der Waals surface area contributed by atoms with Gasteiger partial charge in [-0.15, -0.1) is 0 Å². The molecule has 1 atom stereocenters. The number of rotatable bonds is 4. The molecule has 0 saturated carbocycles. The first kappa shape index (κ1) is 16.8. The Morgan fingerprint density at radius 2 is 1.88 bits per heavy atom. The van der Waals surface area contributed by atoms with Crippen molar-refractivity contribution in [2.24, 2.45) is 0 Å². The van der Waals surface area contributed by atoms with Crippen molar-refractivity contribution in [2.45, 2.75) is 45.3 Å². The van der Waals surface area contributed by atoms with E-state index in [-0.39, 0.29) is 18.5 Å². The van der Waals surface area contributed by atoms with Crippen LogP contribution in [0.4, 0.5) is 0 Å². The number of ether oxygens (including phenoxy) is 2. The monoisotopic (exact) mass is 333 g/mol. The van der Waals surface area contributed by atoms with Crippen LogP contribution in [0.1, 0.15) is 29.5 Å². The number of carboxylic acids is 1. The van der Waals surface area contributed by atoms with Crippen LogP contribution >= 0.6 is 0 Å². The van der Waals surface area contributed by atoms with E-state index >= 15 is 0 Å². The Morgan fingerprint density at radius 3 is 2.54 bits per heavy atom. The molecule has 130 valence electrons. The molecule has 6 heteroatoms. The molecule has 1 amide bonds. The molecule has 1 fully saturated rings. The molecular weight excluding hydrogens is 310 g/mol. The maximum Gasteiger partial charge on any atom is 0.323 e. The van der Waals surface area contributed by atoms with Gasteiger partial charge in [-0.25, -0.2) is 0 Å². The molecule has 1 aromatic carbocycles. The molecule has 1 aromatic rings. The van der Waals surface area contributed by atoms with Gasteiger partial charge in [-0.2, -0.15) is 0 Å². The topological polar surface area (TPSA) is 76.1 Å². The van der Waals surface area contributed by atoms with Gasteiger partial charge in [0.05, 0.1) is 0 Å². The first-order valence-electron chi connectivity index (χ1n) is 8.32. The highest BCUT2D eigenvalue weighted by Gasteiger charge is 2.37. The lowest BCUT2D eigenvalue weighted by molar-refractivity contribution is -0.151. The van der Waals surface area contributed by atoms with E-state index in [0.29, 0.717) is 32.5 Å². The van der Waals surface area contributed by atoms with Crippen molar-refractivity contribution >= 4 is 11.9 Å². The van der Waals surface area contributed by atoms with Crippen LogP contribution < -0.4 is 4.74 Å². The van der Waals surface area contributed by atoms with Gasteiger partial charge in [0.2, 0.25) is 0 Å². The number of carbonyl (C=O) groups excluding carboxylic acids is 1. The van der Waals surface area contributed by atoms with Crippen molar-refractivity contribution in [1.29, 1.82) is 0 Å². The van der Waals surface area contributed by atoms with E-state index in [0.717, 1.165) is 22.4 Å². The van der Waals surface area contributed by atoms with Gasteiger partial charge >= 0.3 is 5.97 Å². The van der Waals surface area contributed by atoms with Crippen LogP contribution in [-0.2, 0) is 20.7 Å². The van der Waals surface area contributed by atoms with Crippen molar-refractivity contribution in [2.75, 3.05) is 19.8 Å². The second-order valence-corrected chi connectivity index (χ2v) is 6.56. The van der Waals surface area contributed by atoms with E-state index in [2.05, 4.69) is 0 Å². The number of hydrogen-bond acceptors (Lipinski definition) is 4. The maximum atomic E-state index is 12.9. The van der Waals surface area contributed by atoms with E-state index in [1.807, 2.05) is 26.0 Å². The van der Waals surface area contributed by atoms with Crippen LogP contribution in [0, 0.1) is 13.8 Å². The number of fused-ring (bicyclic) bond motifs is 1. The molecule has 6 nitrogen and oxygen atoms in total. The van der Waals surface area contributed by atoms with Crippen LogP contribution in [0.2, 0.25) is 0 Å². The van der Waals surface area contributed by atoms with Crippen molar-refractivity contribution < 1.29 is 24.2 Å². The summed E-state index contributed by atoms with van der Waals surface area (Å²) in [6.45, 7) is 4.85. The van der Waals surface area contributed by atoms with Gasteiger partial charge in [0.25, 0.3) is 5.91 Å². The lowest BCUT2D eigenvalue weighted by Gasteiger charge is -2.34. The summed E-state index contributed by atoms with van der Waals surface area (Å²) in [7, 11) is 0. The lowest BCUT2D eigenvalue weighted by Crippen LogP contribution is -2.50. The minimum atomic E-state index is -1.00. The summed E-state index contributed by atoms with van der Waals surface area (Å²) in [5, 5.41) is 9.19. The molecule has 0 aromatic heterocycles. The molecule has 0 spiro atoms. The van der Waals surface area contributed by atoms with E-state index in [1.165, 1.54) is 4.90 Å². The highest BCUT2D eigenvalue weighted by molar-refractivity contribution is 5.86. The summed E-state index contributed by atoms with van der Waals surface area (Å²) in [6.07, 6.45) is 1.19. The summed E-state index contributed by atoms with van der Waals surface area (Å²) < 4.78 is 11.2. The first-order chi connectivity index (χ1) is 11.5. The number of aliphatic carboxylic acids is 1. The van der Waals surface area contributed by atoms with Crippen LogP contribution in [0.15, 0.2) is 12.1 Å². The van der Waals surface area contributed by atoms with Crippen molar-refractivity contribution in [3.63, 3.8) is 0 Å². The number of carboxylic acid groups (broad SMARTS) is 1. The Morgan fingerprint density at radius 1 is 1.21 bits per heavy atom. The number of hydrogen-bond donors (Lipinski definition) is 1. The van der Waals surface area contributed by atoms with E-state index < -0.39 is 12.1 Å². The second-order valence-electron chi connectivity index (χ2n) is 6.56. The summed E-state index contributed by atoms with van der Waals surface area (Å²) in [6, 6.07) is 3.90. The van der Waals surface area contributed by atoms with Gasteiger partial charge in [-0.3, -0.25) is 9.59 Å². The number of carbonyl (C=O) groups is 2. The minimum Gasteiger partial charge on any atom is -0.480 e. The Balaban J connectivity index is 1.77. The van der Waals surface area contributed by atoms with Gasteiger partial charge in [0, 0.05) is 25.7 Å². The molecule has 0 radical (unpaired) electrons. The normalized spacial score (nSPS) is 20.3. The standard InChI is InChI=1S/C18H23NO5/c1-11-7-13-9-16(24-15(13)8-12(11)2)18(22)19(10-17(20)21)14-3-5-23-6-4-14/h7-8,14,16H,3-6,9-10H2,1-2H3,(H,20,21)/t16-/m1/s1. The van der Waals surface area contributed by atoms with Crippen LogP contribution in [-0.4, -0.2) is 53.8 Å². The van der Waals surface area contributed by atoms with Gasteiger partial charge < -0.3 is 19.5 Å². The molecule has 0 unspecified atom stereocenters. The minimum absolute atomic E-state index is 0.0989. The molecule has 1 saturated heterocycles. The molecule has 0 bridgehead atoms. The molecular formula is C18H23NO5. The van der Waals surface area contributed by atoms with Gasteiger partial charge in [0.15, 0.2) is 6.10 Å². The van der Waals surface area contributed by atoms with Gasteiger partial charge in [-0.05, 0) is 49.4 Å². The second kappa shape index (κ2) is 6.81. The Bertz CT molecular complexity index is 620. The highest BCUT2D eigenvalue weighted by Crippen LogP contribution is 2.32. The lowest BCUT2D eigenvalue weighted by atomic mass is 10.0. The number of amides is 1. The zero-order valence-electron chi connectivity index (χ0n) is 14.1. The number of aryl methyl sites for hydroxylation is 2.